The lowest BCUT2D eigenvalue weighted by Crippen LogP contribution is -1.96. The number of carboxylic acids is 1. The SMILES string of the molecule is Cc1ccc(C(=O)O)c2scc(Br)c12. The van der Waals surface area contributed by atoms with E-state index in [1.807, 2.05) is 18.4 Å². The van der Waals surface area contributed by atoms with Crippen molar-refractivity contribution in [1.29, 1.82) is 0 Å². The largest absolute Gasteiger partial charge is 0.478 e. The predicted molar refractivity (Wildman–Crippen MR) is 61.2 cm³/mol. The Hall–Kier alpha value is -0.870. The summed E-state index contributed by atoms with van der Waals surface area (Å²) >= 11 is 4.87. The highest BCUT2D eigenvalue weighted by molar-refractivity contribution is 9.10. The third-order valence-corrected chi connectivity index (χ3v) is 4.06. The number of fused-ring (bicyclic) bond motifs is 1. The van der Waals surface area contributed by atoms with E-state index in [0.717, 1.165) is 20.1 Å². The van der Waals surface area contributed by atoms with Crippen LogP contribution in [0.2, 0.25) is 0 Å². The molecule has 0 spiro atoms. The van der Waals surface area contributed by atoms with Crippen LogP contribution in [-0.2, 0) is 0 Å². The Labute approximate surface area is 93.3 Å². The van der Waals surface area contributed by atoms with Crippen LogP contribution in [0.3, 0.4) is 0 Å². The zero-order valence-electron chi connectivity index (χ0n) is 7.37. The van der Waals surface area contributed by atoms with Crippen molar-refractivity contribution < 1.29 is 9.90 Å². The molecule has 72 valence electrons. The monoisotopic (exact) mass is 270 g/mol. The average Bonchev–Trinajstić information content (AvgIpc) is 2.49. The summed E-state index contributed by atoms with van der Waals surface area (Å²) in [5, 5.41) is 11.9. The van der Waals surface area contributed by atoms with E-state index in [1.165, 1.54) is 11.3 Å². The Morgan fingerprint density at radius 2 is 2.21 bits per heavy atom. The van der Waals surface area contributed by atoms with Gasteiger partial charge in [-0.1, -0.05) is 6.07 Å². The molecule has 0 aliphatic heterocycles. The van der Waals surface area contributed by atoms with Crippen LogP contribution in [0.5, 0.6) is 0 Å². The molecule has 2 rings (SSSR count). The molecule has 0 radical (unpaired) electrons. The molecule has 2 aromatic rings. The Bertz CT molecular complexity index is 516. The normalized spacial score (nSPS) is 10.7. The molecule has 0 amide bonds. The van der Waals surface area contributed by atoms with Crippen LogP contribution in [0.25, 0.3) is 10.1 Å². The van der Waals surface area contributed by atoms with E-state index in [0.29, 0.717) is 5.56 Å². The zero-order valence-corrected chi connectivity index (χ0v) is 9.78. The number of hydrogen-bond donors (Lipinski definition) is 1. The molecule has 1 aromatic carbocycles. The quantitative estimate of drug-likeness (QED) is 0.859. The number of thiophene rings is 1. The molecule has 1 aromatic heterocycles. The van der Waals surface area contributed by atoms with Crippen molar-refractivity contribution in [3.05, 3.63) is 33.1 Å². The van der Waals surface area contributed by atoms with Crippen LogP contribution < -0.4 is 0 Å². The molecule has 1 heterocycles. The van der Waals surface area contributed by atoms with Gasteiger partial charge in [0.15, 0.2) is 0 Å². The number of aromatic carboxylic acids is 1. The first-order valence-electron chi connectivity index (χ1n) is 4.01. The lowest BCUT2D eigenvalue weighted by molar-refractivity contribution is 0.0699. The van der Waals surface area contributed by atoms with E-state index >= 15 is 0 Å². The molecule has 0 fully saturated rings. The van der Waals surface area contributed by atoms with Gasteiger partial charge >= 0.3 is 5.97 Å². The second kappa shape index (κ2) is 3.37. The minimum Gasteiger partial charge on any atom is -0.478 e. The third-order valence-electron chi connectivity index (χ3n) is 2.12. The maximum atomic E-state index is 10.9. The van der Waals surface area contributed by atoms with Crippen molar-refractivity contribution in [1.82, 2.24) is 0 Å². The van der Waals surface area contributed by atoms with Gasteiger partial charge < -0.3 is 5.11 Å². The number of benzene rings is 1. The summed E-state index contributed by atoms with van der Waals surface area (Å²) < 4.78 is 1.81. The summed E-state index contributed by atoms with van der Waals surface area (Å²) in [5.41, 5.74) is 1.47. The molecule has 0 aliphatic carbocycles. The highest BCUT2D eigenvalue weighted by atomic mass is 79.9. The lowest BCUT2D eigenvalue weighted by Gasteiger charge is -2.00. The van der Waals surface area contributed by atoms with Crippen molar-refractivity contribution in [3.63, 3.8) is 0 Å². The highest BCUT2D eigenvalue weighted by Gasteiger charge is 2.13. The molecule has 0 saturated carbocycles. The maximum Gasteiger partial charge on any atom is 0.337 e. The number of halogens is 1. The first-order valence-corrected chi connectivity index (χ1v) is 5.68. The number of carbonyl (C=O) groups is 1. The topological polar surface area (TPSA) is 37.3 Å². The van der Waals surface area contributed by atoms with E-state index in [2.05, 4.69) is 15.9 Å². The first kappa shape index (κ1) is 9.68. The lowest BCUT2D eigenvalue weighted by atomic mass is 10.1. The van der Waals surface area contributed by atoms with E-state index < -0.39 is 5.97 Å². The summed E-state index contributed by atoms with van der Waals surface area (Å²) in [5.74, 6) is -0.871. The molecular formula is C10H7BrO2S. The number of carboxylic acid groups (broad SMARTS) is 1. The van der Waals surface area contributed by atoms with Gasteiger partial charge in [-0.25, -0.2) is 4.79 Å². The van der Waals surface area contributed by atoms with Crippen molar-refractivity contribution >= 4 is 43.3 Å². The fraction of sp³-hybridized carbons (Fsp3) is 0.100. The van der Waals surface area contributed by atoms with Gasteiger partial charge in [-0.15, -0.1) is 11.3 Å². The van der Waals surface area contributed by atoms with Gasteiger partial charge in [0.2, 0.25) is 0 Å². The standard InChI is InChI=1S/C10H7BrO2S/c1-5-2-3-6(10(12)13)9-8(5)7(11)4-14-9/h2-4H,1H3,(H,12,13). The minimum absolute atomic E-state index is 0.376. The Kier molecular flexibility index (Phi) is 2.33. The van der Waals surface area contributed by atoms with E-state index in [4.69, 9.17) is 5.11 Å². The van der Waals surface area contributed by atoms with Gasteiger partial charge in [-0.3, -0.25) is 0 Å². The van der Waals surface area contributed by atoms with Gasteiger partial charge in [0.05, 0.1) is 10.3 Å². The maximum absolute atomic E-state index is 10.9. The molecular weight excluding hydrogens is 264 g/mol. The molecule has 2 nitrogen and oxygen atoms in total. The predicted octanol–water partition coefficient (Wildman–Crippen LogP) is 3.67. The van der Waals surface area contributed by atoms with Crippen molar-refractivity contribution in [2.45, 2.75) is 6.92 Å². The third kappa shape index (κ3) is 1.35. The van der Waals surface area contributed by atoms with E-state index in [1.54, 1.807) is 6.07 Å². The molecule has 0 bridgehead atoms. The number of rotatable bonds is 1. The van der Waals surface area contributed by atoms with Gasteiger partial charge in [0.1, 0.15) is 0 Å². The fourth-order valence-corrected chi connectivity index (χ4v) is 3.37. The zero-order chi connectivity index (χ0) is 10.3. The molecule has 1 N–H and O–H groups in total. The van der Waals surface area contributed by atoms with E-state index in [-0.39, 0.29) is 0 Å². The van der Waals surface area contributed by atoms with E-state index in [9.17, 15) is 4.79 Å². The summed E-state index contributed by atoms with van der Waals surface area (Å²) in [6, 6.07) is 3.49. The Balaban J connectivity index is 2.90. The Morgan fingerprint density at radius 3 is 2.86 bits per heavy atom. The van der Waals surface area contributed by atoms with Crippen molar-refractivity contribution in [2.75, 3.05) is 0 Å². The van der Waals surface area contributed by atoms with Crippen LogP contribution in [0.15, 0.2) is 22.0 Å². The summed E-state index contributed by atoms with van der Waals surface area (Å²) in [4.78, 5) is 10.9. The molecule has 0 atom stereocenters. The summed E-state index contributed by atoms with van der Waals surface area (Å²) in [6.45, 7) is 1.98. The summed E-state index contributed by atoms with van der Waals surface area (Å²) in [7, 11) is 0. The van der Waals surface area contributed by atoms with Gasteiger partial charge in [-0.2, -0.15) is 0 Å². The fourth-order valence-electron chi connectivity index (χ4n) is 1.44. The summed E-state index contributed by atoms with van der Waals surface area (Å²) in [6.07, 6.45) is 0. The molecule has 0 unspecified atom stereocenters. The van der Waals surface area contributed by atoms with Crippen LogP contribution in [0.4, 0.5) is 0 Å². The van der Waals surface area contributed by atoms with Gasteiger partial charge in [-0.05, 0) is 34.5 Å². The highest BCUT2D eigenvalue weighted by Crippen LogP contribution is 2.35. The minimum atomic E-state index is -0.871. The van der Waals surface area contributed by atoms with Crippen LogP contribution >= 0.6 is 27.3 Å². The average molecular weight is 271 g/mol. The second-order valence-electron chi connectivity index (χ2n) is 3.02. The van der Waals surface area contributed by atoms with Gasteiger partial charge in [0.25, 0.3) is 0 Å². The molecule has 4 heteroatoms. The van der Waals surface area contributed by atoms with Crippen molar-refractivity contribution in [2.24, 2.45) is 0 Å². The van der Waals surface area contributed by atoms with Gasteiger partial charge in [0, 0.05) is 15.2 Å². The Morgan fingerprint density at radius 1 is 1.50 bits per heavy atom. The van der Waals surface area contributed by atoms with Crippen LogP contribution in [0, 0.1) is 6.92 Å². The number of hydrogen-bond acceptors (Lipinski definition) is 2. The second-order valence-corrected chi connectivity index (χ2v) is 4.76. The number of aryl methyl sites for hydroxylation is 1. The van der Waals surface area contributed by atoms with Crippen LogP contribution in [0.1, 0.15) is 15.9 Å². The van der Waals surface area contributed by atoms with Crippen molar-refractivity contribution in [3.8, 4) is 0 Å². The molecule has 0 aliphatic rings. The first-order chi connectivity index (χ1) is 6.61. The van der Waals surface area contributed by atoms with Crippen LogP contribution in [-0.4, -0.2) is 11.1 Å². The molecule has 0 saturated heterocycles. The smallest absolute Gasteiger partial charge is 0.337 e. The molecule has 14 heavy (non-hydrogen) atoms.